The molecule has 0 aromatic carbocycles. The van der Waals surface area contributed by atoms with Crippen LogP contribution >= 0.6 is 11.3 Å². The van der Waals surface area contributed by atoms with E-state index in [2.05, 4.69) is 15.1 Å². The molecule has 0 amide bonds. The van der Waals surface area contributed by atoms with E-state index in [1.54, 1.807) is 11.3 Å². The molecular weight excluding hydrogens is 232 g/mol. The molecule has 0 atom stereocenters. The van der Waals surface area contributed by atoms with Crippen molar-refractivity contribution in [3.05, 3.63) is 5.01 Å². The Morgan fingerprint density at radius 1 is 1.29 bits per heavy atom. The van der Waals surface area contributed by atoms with Gasteiger partial charge in [-0.15, -0.1) is 10.2 Å². The van der Waals surface area contributed by atoms with E-state index in [4.69, 9.17) is 5.73 Å². The lowest BCUT2D eigenvalue weighted by Crippen LogP contribution is -2.38. The standard InChI is InChI=1S/C12H22N4S/c1-10-14-15-12(17-10)16(9-5-8-13)11-6-3-2-4-7-11/h11H,2-9,13H2,1H3. The largest absolute Gasteiger partial charge is 0.344 e. The third-order valence-electron chi connectivity index (χ3n) is 3.38. The van der Waals surface area contributed by atoms with Gasteiger partial charge in [0.05, 0.1) is 0 Å². The predicted molar refractivity (Wildman–Crippen MR) is 72.5 cm³/mol. The van der Waals surface area contributed by atoms with Crippen LogP contribution in [-0.4, -0.2) is 29.3 Å². The minimum absolute atomic E-state index is 0.655. The molecule has 1 fully saturated rings. The Labute approximate surface area is 107 Å². The number of nitrogens with zero attached hydrogens (tertiary/aromatic N) is 3. The van der Waals surface area contributed by atoms with Crippen molar-refractivity contribution in [2.24, 2.45) is 5.73 Å². The van der Waals surface area contributed by atoms with Gasteiger partial charge in [-0.1, -0.05) is 30.6 Å². The van der Waals surface area contributed by atoms with E-state index >= 15 is 0 Å². The van der Waals surface area contributed by atoms with E-state index in [1.165, 1.54) is 32.1 Å². The molecule has 0 unspecified atom stereocenters. The zero-order chi connectivity index (χ0) is 12.1. The fraction of sp³-hybridized carbons (Fsp3) is 0.833. The number of aryl methyl sites for hydroxylation is 1. The zero-order valence-corrected chi connectivity index (χ0v) is 11.4. The highest BCUT2D eigenvalue weighted by atomic mass is 32.1. The Hall–Kier alpha value is -0.680. The third kappa shape index (κ3) is 3.39. The van der Waals surface area contributed by atoms with Crippen LogP contribution in [0.25, 0.3) is 0 Å². The second-order valence-electron chi connectivity index (χ2n) is 4.73. The zero-order valence-electron chi connectivity index (χ0n) is 10.6. The van der Waals surface area contributed by atoms with E-state index < -0.39 is 0 Å². The van der Waals surface area contributed by atoms with Crippen molar-refractivity contribution in [3.63, 3.8) is 0 Å². The number of hydrogen-bond acceptors (Lipinski definition) is 5. The van der Waals surface area contributed by atoms with Crippen molar-refractivity contribution in [2.45, 2.75) is 51.5 Å². The van der Waals surface area contributed by atoms with Crippen molar-refractivity contribution in [3.8, 4) is 0 Å². The quantitative estimate of drug-likeness (QED) is 0.876. The first-order chi connectivity index (χ1) is 8.31. The van der Waals surface area contributed by atoms with Crippen LogP contribution in [0.4, 0.5) is 5.13 Å². The van der Waals surface area contributed by atoms with Crippen LogP contribution in [0.15, 0.2) is 0 Å². The average Bonchev–Trinajstić information content (AvgIpc) is 2.78. The van der Waals surface area contributed by atoms with Crippen LogP contribution < -0.4 is 10.6 Å². The molecule has 1 aliphatic rings. The summed E-state index contributed by atoms with van der Waals surface area (Å²) in [7, 11) is 0. The Morgan fingerprint density at radius 2 is 2.06 bits per heavy atom. The lowest BCUT2D eigenvalue weighted by atomic mass is 9.94. The second kappa shape index (κ2) is 6.31. The second-order valence-corrected chi connectivity index (χ2v) is 5.89. The van der Waals surface area contributed by atoms with Crippen molar-refractivity contribution >= 4 is 16.5 Å². The molecule has 4 nitrogen and oxygen atoms in total. The monoisotopic (exact) mass is 254 g/mol. The lowest BCUT2D eigenvalue weighted by molar-refractivity contribution is 0.412. The molecule has 2 rings (SSSR count). The maximum atomic E-state index is 5.63. The summed E-state index contributed by atoms with van der Waals surface area (Å²) in [5.41, 5.74) is 5.63. The molecule has 1 aliphatic carbocycles. The summed E-state index contributed by atoms with van der Waals surface area (Å²) < 4.78 is 0. The Kier molecular flexibility index (Phi) is 4.74. The van der Waals surface area contributed by atoms with E-state index in [1.807, 2.05) is 6.92 Å². The summed E-state index contributed by atoms with van der Waals surface area (Å²) >= 11 is 1.70. The van der Waals surface area contributed by atoms with Crippen LogP contribution in [0, 0.1) is 6.92 Å². The molecule has 1 aromatic heterocycles. The van der Waals surface area contributed by atoms with Gasteiger partial charge in [0.25, 0.3) is 0 Å². The van der Waals surface area contributed by atoms with E-state index in [0.717, 1.165) is 29.6 Å². The normalized spacial score (nSPS) is 17.3. The molecule has 1 heterocycles. The molecule has 1 saturated carbocycles. The van der Waals surface area contributed by atoms with Gasteiger partial charge in [0.2, 0.25) is 5.13 Å². The maximum absolute atomic E-state index is 5.63. The van der Waals surface area contributed by atoms with Crippen LogP contribution in [0.3, 0.4) is 0 Å². The average molecular weight is 254 g/mol. The summed E-state index contributed by atoms with van der Waals surface area (Å²) in [6.45, 7) is 3.79. The summed E-state index contributed by atoms with van der Waals surface area (Å²) in [5, 5.41) is 10.6. The van der Waals surface area contributed by atoms with Crippen molar-refractivity contribution < 1.29 is 0 Å². The van der Waals surface area contributed by atoms with Crippen molar-refractivity contribution in [1.82, 2.24) is 10.2 Å². The lowest BCUT2D eigenvalue weighted by Gasteiger charge is -2.33. The van der Waals surface area contributed by atoms with Crippen LogP contribution in [0.2, 0.25) is 0 Å². The number of rotatable bonds is 5. The van der Waals surface area contributed by atoms with Gasteiger partial charge in [-0.3, -0.25) is 0 Å². The molecule has 0 saturated heterocycles. The summed E-state index contributed by atoms with van der Waals surface area (Å²) in [4.78, 5) is 2.44. The van der Waals surface area contributed by atoms with Gasteiger partial charge in [0.15, 0.2) is 0 Å². The number of hydrogen-bond donors (Lipinski definition) is 1. The Morgan fingerprint density at radius 3 is 2.65 bits per heavy atom. The van der Waals surface area contributed by atoms with E-state index in [9.17, 15) is 0 Å². The molecule has 2 N–H and O–H groups in total. The molecule has 0 spiro atoms. The molecule has 0 radical (unpaired) electrons. The molecule has 0 aliphatic heterocycles. The molecule has 1 aromatic rings. The molecule has 96 valence electrons. The molecular formula is C12H22N4S. The summed E-state index contributed by atoms with van der Waals surface area (Å²) in [6, 6.07) is 0.655. The van der Waals surface area contributed by atoms with Crippen molar-refractivity contribution in [2.75, 3.05) is 18.0 Å². The first kappa shape index (κ1) is 12.8. The van der Waals surface area contributed by atoms with Gasteiger partial charge >= 0.3 is 0 Å². The van der Waals surface area contributed by atoms with Crippen molar-refractivity contribution in [1.29, 1.82) is 0 Å². The number of anilines is 1. The number of nitrogens with two attached hydrogens (primary N) is 1. The maximum Gasteiger partial charge on any atom is 0.208 e. The van der Waals surface area contributed by atoms with Gasteiger partial charge in [-0.25, -0.2) is 0 Å². The van der Waals surface area contributed by atoms with Gasteiger partial charge in [-0.05, 0) is 32.7 Å². The Bertz CT molecular complexity index is 333. The predicted octanol–water partition coefficient (Wildman–Crippen LogP) is 2.33. The minimum Gasteiger partial charge on any atom is -0.344 e. The first-order valence-corrected chi connectivity index (χ1v) is 7.39. The first-order valence-electron chi connectivity index (χ1n) is 6.58. The highest BCUT2D eigenvalue weighted by Crippen LogP contribution is 2.29. The molecule has 0 bridgehead atoms. The van der Waals surface area contributed by atoms with Crippen LogP contribution in [-0.2, 0) is 0 Å². The van der Waals surface area contributed by atoms with E-state index in [0.29, 0.717) is 6.04 Å². The summed E-state index contributed by atoms with van der Waals surface area (Å²) in [5.74, 6) is 0. The Balaban J connectivity index is 2.06. The highest BCUT2D eigenvalue weighted by molar-refractivity contribution is 7.15. The van der Waals surface area contributed by atoms with Gasteiger partial charge in [0, 0.05) is 12.6 Å². The van der Waals surface area contributed by atoms with Crippen LogP contribution in [0.5, 0.6) is 0 Å². The third-order valence-corrected chi connectivity index (χ3v) is 4.26. The minimum atomic E-state index is 0.655. The van der Waals surface area contributed by atoms with Crippen LogP contribution in [0.1, 0.15) is 43.5 Å². The topological polar surface area (TPSA) is 55.0 Å². The number of aromatic nitrogens is 2. The van der Waals surface area contributed by atoms with Gasteiger partial charge < -0.3 is 10.6 Å². The van der Waals surface area contributed by atoms with E-state index in [-0.39, 0.29) is 0 Å². The SMILES string of the molecule is Cc1nnc(N(CCCN)C2CCCCC2)s1. The van der Waals surface area contributed by atoms with Gasteiger partial charge in [0.1, 0.15) is 5.01 Å². The summed E-state index contributed by atoms with van der Waals surface area (Å²) in [6.07, 6.45) is 7.71. The fourth-order valence-electron chi connectivity index (χ4n) is 2.49. The highest BCUT2D eigenvalue weighted by Gasteiger charge is 2.23. The molecule has 17 heavy (non-hydrogen) atoms. The smallest absolute Gasteiger partial charge is 0.208 e. The van der Waals surface area contributed by atoms with Gasteiger partial charge in [-0.2, -0.15) is 0 Å². The fourth-order valence-corrected chi connectivity index (χ4v) is 3.28. The molecule has 5 heteroatoms.